The maximum absolute atomic E-state index is 6.51. The fourth-order valence-corrected chi connectivity index (χ4v) is 6.12. The molecule has 1 saturated carbocycles. The lowest BCUT2D eigenvalue weighted by molar-refractivity contribution is -0.146. The van der Waals surface area contributed by atoms with Gasteiger partial charge in [0, 0.05) is 13.2 Å². The Labute approximate surface area is 210 Å². The van der Waals surface area contributed by atoms with Crippen LogP contribution >= 0.6 is 0 Å². The lowest BCUT2D eigenvalue weighted by Crippen LogP contribution is -2.43. The van der Waals surface area contributed by atoms with Crippen molar-refractivity contribution in [1.29, 1.82) is 0 Å². The van der Waals surface area contributed by atoms with Crippen LogP contribution in [0.3, 0.4) is 0 Å². The van der Waals surface area contributed by atoms with E-state index in [2.05, 4.69) is 52.9 Å². The van der Waals surface area contributed by atoms with Crippen molar-refractivity contribution >= 4 is 8.32 Å². The zero-order chi connectivity index (χ0) is 25.4. The van der Waals surface area contributed by atoms with E-state index in [-0.39, 0.29) is 17.2 Å². The topological polar surface area (TPSA) is 55.4 Å². The largest absolute Gasteiger partial charge is 0.414 e. The summed E-state index contributed by atoms with van der Waals surface area (Å²) in [6.07, 6.45) is 10.7. The molecular weight excluding hydrogens is 448 g/mol. The molecule has 2 aliphatic rings. The second-order valence-electron chi connectivity index (χ2n) is 12.0. The van der Waals surface area contributed by atoms with E-state index in [0.29, 0.717) is 44.6 Å². The second kappa shape index (κ2) is 13.3. The summed E-state index contributed by atoms with van der Waals surface area (Å²) in [7, 11) is -0.0187. The first-order valence-electron chi connectivity index (χ1n) is 13.2. The molecule has 6 nitrogen and oxygen atoms in total. The molecule has 0 spiro atoms. The minimum absolute atomic E-state index is 0.116. The predicted molar refractivity (Wildman–Crippen MR) is 139 cm³/mol. The SMILES string of the molecule is COCCOCO[C@@H]1C[C@@H]([C@H]2COC(C)(C)O2)[C@@H](/C=C/CCC[C@H](C)O[Si](C)(C)C(C)(C)C)C1. The molecule has 0 aromatic rings. The van der Waals surface area contributed by atoms with E-state index in [1.807, 2.05) is 13.8 Å². The molecule has 0 unspecified atom stereocenters. The van der Waals surface area contributed by atoms with Crippen LogP contribution < -0.4 is 0 Å². The smallest absolute Gasteiger partial charge is 0.192 e. The van der Waals surface area contributed by atoms with E-state index in [1.165, 1.54) is 0 Å². The summed E-state index contributed by atoms with van der Waals surface area (Å²) in [5.41, 5.74) is 0. The normalized spacial score (nSPS) is 28.7. The van der Waals surface area contributed by atoms with Gasteiger partial charge in [-0.25, -0.2) is 0 Å². The molecule has 5 atom stereocenters. The summed E-state index contributed by atoms with van der Waals surface area (Å²) >= 11 is 0. The minimum Gasteiger partial charge on any atom is -0.414 e. The van der Waals surface area contributed by atoms with Gasteiger partial charge in [-0.2, -0.15) is 0 Å². The highest BCUT2D eigenvalue weighted by Gasteiger charge is 2.44. The average Bonchev–Trinajstić information content (AvgIpc) is 3.28. The molecule has 1 aliphatic heterocycles. The van der Waals surface area contributed by atoms with Gasteiger partial charge >= 0.3 is 0 Å². The van der Waals surface area contributed by atoms with Crippen molar-refractivity contribution in [1.82, 2.24) is 0 Å². The maximum atomic E-state index is 6.51. The van der Waals surface area contributed by atoms with Crippen molar-refractivity contribution in [3.05, 3.63) is 12.2 Å². The van der Waals surface area contributed by atoms with E-state index in [1.54, 1.807) is 7.11 Å². The summed E-state index contributed by atoms with van der Waals surface area (Å²) in [6.45, 7) is 19.9. The first-order valence-corrected chi connectivity index (χ1v) is 16.1. The van der Waals surface area contributed by atoms with Crippen LogP contribution in [0, 0.1) is 11.8 Å². The van der Waals surface area contributed by atoms with Gasteiger partial charge in [-0.3, -0.25) is 0 Å². The highest BCUT2D eigenvalue weighted by atomic mass is 28.4. The number of ether oxygens (including phenoxy) is 5. The van der Waals surface area contributed by atoms with Crippen molar-refractivity contribution in [2.75, 3.05) is 33.7 Å². The Hall–Kier alpha value is -0.283. The van der Waals surface area contributed by atoms with Gasteiger partial charge in [-0.15, -0.1) is 0 Å². The standard InChI is InChI=1S/C27H52O6Si/c1-21(33-34(8,9)26(2,3)4)13-11-10-12-14-22-17-23(30-20-29-16-15-28-7)18-24(22)25-19-31-27(5,6)32-25/h12,14,21-25H,10-11,13,15-20H2,1-9H3/b14-12+/t21-,22-,23-,24+,25+/m0/s1. The van der Waals surface area contributed by atoms with E-state index in [9.17, 15) is 0 Å². The van der Waals surface area contributed by atoms with E-state index >= 15 is 0 Å². The molecule has 2 rings (SSSR count). The summed E-state index contributed by atoms with van der Waals surface area (Å²) < 4.78 is 35.2. The second-order valence-corrected chi connectivity index (χ2v) is 16.8. The number of hydrogen-bond acceptors (Lipinski definition) is 6. The highest BCUT2D eigenvalue weighted by molar-refractivity contribution is 6.74. The molecule has 0 radical (unpaired) electrons. The lowest BCUT2D eigenvalue weighted by atomic mass is 9.90. The van der Waals surface area contributed by atoms with E-state index in [4.69, 9.17) is 28.1 Å². The molecule has 1 saturated heterocycles. The van der Waals surface area contributed by atoms with Crippen LogP contribution in [0.4, 0.5) is 0 Å². The highest BCUT2D eigenvalue weighted by Crippen LogP contribution is 2.42. The number of rotatable bonds is 14. The molecule has 0 amide bonds. The zero-order valence-corrected chi connectivity index (χ0v) is 24.4. The third-order valence-electron chi connectivity index (χ3n) is 7.61. The Morgan fingerprint density at radius 3 is 2.50 bits per heavy atom. The molecular formula is C27H52O6Si. The third-order valence-corrected chi connectivity index (χ3v) is 12.2. The number of allylic oxidation sites excluding steroid dienone is 2. The molecule has 7 heteroatoms. The van der Waals surface area contributed by atoms with Crippen LogP contribution in [-0.2, 0) is 28.1 Å². The zero-order valence-electron chi connectivity index (χ0n) is 23.4. The van der Waals surface area contributed by atoms with E-state index in [0.717, 1.165) is 32.1 Å². The third kappa shape index (κ3) is 9.64. The van der Waals surface area contributed by atoms with E-state index < -0.39 is 14.1 Å². The number of hydrogen-bond donors (Lipinski definition) is 0. The van der Waals surface area contributed by atoms with Crippen LogP contribution in [-0.4, -0.2) is 66.1 Å². The Balaban J connectivity index is 1.82. The monoisotopic (exact) mass is 500 g/mol. The summed E-state index contributed by atoms with van der Waals surface area (Å²) in [5, 5.41) is 0.257. The Morgan fingerprint density at radius 2 is 1.88 bits per heavy atom. The molecule has 0 aromatic heterocycles. The van der Waals surface area contributed by atoms with Gasteiger partial charge < -0.3 is 28.1 Å². The van der Waals surface area contributed by atoms with Crippen molar-refractivity contribution < 1.29 is 28.1 Å². The van der Waals surface area contributed by atoms with Crippen LogP contribution in [0.2, 0.25) is 18.1 Å². The Kier molecular flexibility index (Phi) is 11.7. The van der Waals surface area contributed by atoms with Gasteiger partial charge in [0.25, 0.3) is 0 Å². The first-order chi connectivity index (χ1) is 15.8. The van der Waals surface area contributed by atoms with Gasteiger partial charge in [0.1, 0.15) is 6.79 Å². The summed E-state index contributed by atoms with van der Waals surface area (Å²) in [4.78, 5) is 0. The molecule has 1 heterocycles. The van der Waals surface area contributed by atoms with Crippen LogP contribution in [0.1, 0.15) is 73.6 Å². The Morgan fingerprint density at radius 1 is 1.15 bits per heavy atom. The average molecular weight is 501 g/mol. The fraction of sp³-hybridized carbons (Fsp3) is 0.926. The quantitative estimate of drug-likeness (QED) is 0.121. The summed E-state index contributed by atoms with van der Waals surface area (Å²) in [5.74, 6) is 0.344. The van der Waals surface area contributed by atoms with Crippen molar-refractivity contribution in [3.8, 4) is 0 Å². The molecule has 1 aliphatic carbocycles. The molecule has 0 bridgehead atoms. The molecule has 0 aromatic carbocycles. The Bertz CT molecular complexity index is 615. The van der Waals surface area contributed by atoms with Crippen LogP contribution in [0.25, 0.3) is 0 Å². The number of unbranched alkanes of at least 4 members (excludes halogenated alkanes) is 1. The maximum Gasteiger partial charge on any atom is 0.192 e. The predicted octanol–water partition coefficient (Wildman–Crippen LogP) is 6.31. The van der Waals surface area contributed by atoms with Crippen molar-refractivity contribution in [2.24, 2.45) is 11.8 Å². The first kappa shape index (κ1) is 29.9. The molecule has 34 heavy (non-hydrogen) atoms. The van der Waals surface area contributed by atoms with Gasteiger partial charge in [0.2, 0.25) is 0 Å². The molecule has 2 fully saturated rings. The lowest BCUT2D eigenvalue weighted by Gasteiger charge is -2.38. The van der Waals surface area contributed by atoms with Gasteiger partial charge in [-0.05, 0) is 82.8 Å². The molecule has 0 N–H and O–H groups in total. The fourth-order valence-electron chi connectivity index (χ4n) is 4.64. The van der Waals surface area contributed by atoms with Gasteiger partial charge in [0.15, 0.2) is 14.1 Å². The van der Waals surface area contributed by atoms with Crippen molar-refractivity contribution in [2.45, 2.75) is 116 Å². The van der Waals surface area contributed by atoms with Crippen molar-refractivity contribution in [3.63, 3.8) is 0 Å². The summed E-state index contributed by atoms with van der Waals surface area (Å²) in [6, 6.07) is 0. The number of methoxy groups -OCH3 is 1. The minimum atomic E-state index is -1.70. The van der Waals surface area contributed by atoms with Gasteiger partial charge in [0.05, 0.1) is 32.0 Å². The molecule has 200 valence electrons. The van der Waals surface area contributed by atoms with Crippen LogP contribution in [0.15, 0.2) is 12.2 Å². The van der Waals surface area contributed by atoms with Crippen LogP contribution in [0.5, 0.6) is 0 Å². The van der Waals surface area contributed by atoms with Gasteiger partial charge in [-0.1, -0.05) is 32.9 Å².